The smallest absolute Gasteiger partial charge is 0 e. The van der Waals surface area contributed by atoms with E-state index in [0.29, 0.717) is 0 Å². The molecule has 0 atom stereocenters. The molecule has 0 spiro atoms. The van der Waals surface area contributed by atoms with E-state index in [1.165, 1.54) is 6.42 Å². The molecule has 1 heteroatoms. The van der Waals surface area contributed by atoms with Gasteiger partial charge >= 0.3 is 0 Å². The van der Waals surface area contributed by atoms with Crippen molar-refractivity contribution in [2.75, 3.05) is 0 Å². The molecular formula is C7H17Pt-. The van der Waals surface area contributed by atoms with E-state index in [1.54, 1.807) is 0 Å². The zero-order chi connectivity index (χ0) is 4.99. The van der Waals surface area contributed by atoms with Gasteiger partial charge in [-0.05, 0) is 0 Å². The van der Waals surface area contributed by atoms with Gasteiger partial charge in [0.1, 0.15) is 0 Å². The summed E-state index contributed by atoms with van der Waals surface area (Å²) in [5.41, 5.74) is 0. The fourth-order valence-electron chi connectivity index (χ4n) is 0.471. The van der Waals surface area contributed by atoms with Crippen molar-refractivity contribution >= 4 is 0 Å². The molecule has 0 N–H and O–H groups in total. The third kappa shape index (κ3) is 15.9. The Bertz CT molecular complexity index is 25.6. The average molecular weight is 296 g/mol. The van der Waals surface area contributed by atoms with Crippen molar-refractivity contribution in [2.45, 2.75) is 34.6 Å². The first-order chi connectivity index (χ1) is 2.77. The van der Waals surface area contributed by atoms with Crippen molar-refractivity contribution in [3.05, 3.63) is 6.42 Å². The second kappa shape index (κ2) is 10.6. The normalized spacial score (nSPS) is 7.50. The van der Waals surface area contributed by atoms with Gasteiger partial charge in [0.2, 0.25) is 0 Å². The molecule has 0 bridgehead atoms. The van der Waals surface area contributed by atoms with Crippen LogP contribution < -0.4 is 0 Å². The molecule has 0 saturated carbocycles. The summed E-state index contributed by atoms with van der Waals surface area (Å²) < 4.78 is 0. The molecule has 0 aromatic rings. The van der Waals surface area contributed by atoms with Gasteiger partial charge in [-0.3, -0.25) is 0 Å². The van der Waals surface area contributed by atoms with Crippen LogP contribution >= 0.6 is 0 Å². The zero-order valence-corrected chi connectivity index (χ0v) is 7.45. The molecule has 0 aromatic carbocycles. The Balaban J connectivity index is -0.000000125. The molecule has 0 aliphatic rings. The fourth-order valence-corrected chi connectivity index (χ4v) is 0.471. The van der Waals surface area contributed by atoms with Gasteiger partial charge in [-0.1, -0.05) is 27.2 Å². The van der Waals surface area contributed by atoms with Gasteiger partial charge in [-0.25, -0.2) is 0 Å². The Kier molecular flexibility index (Phi) is 21.1. The Labute approximate surface area is 68.3 Å². The summed E-state index contributed by atoms with van der Waals surface area (Å²) >= 11 is 0. The third-order valence-electron chi connectivity index (χ3n) is 0.707. The minimum Gasteiger partial charge on any atom is -0.331 e. The standard InChI is InChI=1S/C6H13.CH4.Pt/c1-4-5-6(2)3;;/h4,6H,5H2,1-3H3;1H4;/q-1;;. The summed E-state index contributed by atoms with van der Waals surface area (Å²) in [6.07, 6.45) is 3.45. The van der Waals surface area contributed by atoms with Gasteiger partial charge in [-0.15, -0.1) is 0 Å². The molecule has 0 fully saturated rings. The first-order valence-corrected chi connectivity index (χ1v) is 2.55. The second-order valence-electron chi connectivity index (χ2n) is 2.04. The first kappa shape index (κ1) is 15.9. The van der Waals surface area contributed by atoms with Crippen molar-refractivity contribution in [3.63, 3.8) is 0 Å². The van der Waals surface area contributed by atoms with Crippen molar-refractivity contribution in [2.24, 2.45) is 5.92 Å². The fraction of sp³-hybridized carbons (Fsp3) is 0.857. The van der Waals surface area contributed by atoms with Crippen LogP contribution in [-0.4, -0.2) is 0 Å². The Morgan fingerprint density at radius 1 is 1.38 bits per heavy atom. The molecule has 0 heterocycles. The molecule has 0 aliphatic heterocycles. The van der Waals surface area contributed by atoms with Crippen LogP contribution in [0.1, 0.15) is 34.6 Å². The molecule has 0 radical (unpaired) electrons. The Hall–Kier alpha value is 0.688. The van der Waals surface area contributed by atoms with Gasteiger partial charge in [0, 0.05) is 21.1 Å². The van der Waals surface area contributed by atoms with E-state index in [1.807, 2.05) is 0 Å². The number of rotatable bonds is 2. The SMILES string of the molecule is C.C[CH-]CC(C)C.[Pt]. The second-order valence-corrected chi connectivity index (χ2v) is 2.04. The van der Waals surface area contributed by atoms with Gasteiger partial charge in [0.15, 0.2) is 0 Å². The molecule has 56 valence electrons. The van der Waals surface area contributed by atoms with Crippen molar-refractivity contribution < 1.29 is 21.1 Å². The van der Waals surface area contributed by atoms with E-state index in [0.717, 1.165) is 5.92 Å². The number of hydrogen-bond donors (Lipinski definition) is 0. The third-order valence-corrected chi connectivity index (χ3v) is 0.707. The topological polar surface area (TPSA) is 0 Å². The van der Waals surface area contributed by atoms with Crippen LogP contribution in [0.3, 0.4) is 0 Å². The quantitative estimate of drug-likeness (QED) is 0.687. The Morgan fingerprint density at radius 3 is 1.75 bits per heavy atom. The van der Waals surface area contributed by atoms with Crippen LogP contribution in [0.2, 0.25) is 0 Å². The van der Waals surface area contributed by atoms with Crippen LogP contribution in [0.25, 0.3) is 0 Å². The summed E-state index contributed by atoms with van der Waals surface area (Å²) in [6.45, 7) is 6.54. The maximum absolute atomic E-state index is 2.22. The zero-order valence-electron chi connectivity index (χ0n) is 5.18. The van der Waals surface area contributed by atoms with Crippen LogP contribution in [0.15, 0.2) is 0 Å². The van der Waals surface area contributed by atoms with Crippen molar-refractivity contribution in [1.82, 2.24) is 0 Å². The maximum atomic E-state index is 2.22. The van der Waals surface area contributed by atoms with E-state index in [4.69, 9.17) is 0 Å². The summed E-state index contributed by atoms with van der Waals surface area (Å²) in [4.78, 5) is 0. The summed E-state index contributed by atoms with van der Waals surface area (Å²) in [6, 6.07) is 0. The Morgan fingerprint density at radius 2 is 1.75 bits per heavy atom. The molecule has 0 aromatic heterocycles. The minimum absolute atomic E-state index is 0. The van der Waals surface area contributed by atoms with Gasteiger partial charge in [0.05, 0.1) is 0 Å². The van der Waals surface area contributed by atoms with Crippen LogP contribution in [-0.2, 0) is 21.1 Å². The van der Waals surface area contributed by atoms with Gasteiger partial charge in [0.25, 0.3) is 0 Å². The molecule has 0 amide bonds. The van der Waals surface area contributed by atoms with E-state index >= 15 is 0 Å². The minimum atomic E-state index is 0. The molecule has 0 saturated heterocycles. The molecule has 0 unspecified atom stereocenters. The monoisotopic (exact) mass is 296 g/mol. The van der Waals surface area contributed by atoms with Crippen LogP contribution in [0.4, 0.5) is 0 Å². The molecule has 0 aliphatic carbocycles. The van der Waals surface area contributed by atoms with Crippen molar-refractivity contribution in [3.8, 4) is 0 Å². The van der Waals surface area contributed by atoms with E-state index < -0.39 is 0 Å². The van der Waals surface area contributed by atoms with Gasteiger partial charge < -0.3 is 6.42 Å². The first-order valence-electron chi connectivity index (χ1n) is 2.55. The molecule has 8 heavy (non-hydrogen) atoms. The summed E-state index contributed by atoms with van der Waals surface area (Å²) in [7, 11) is 0. The molecule has 0 rings (SSSR count). The average Bonchev–Trinajstić information content (AvgIpc) is 1.35. The maximum Gasteiger partial charge on any atom is 0 e. The van der Waals surface area contributed by atoms with Gasteiger partial charge in [-0.2, -0.15) is 13.3 Å². The van der Waals surface area contributed by atoms with Crippen LogP contribution in [0, 0.1) is 12.3 Å². The van der Waals surface area contributed by atoms with E-state index in [9.17, 15) is 0 Å². The van der Waals surface area contributed by atoms with Crippen molar-refractivity contribution in [1.29, 1.82) is 0 Å². The molecular weight excluding hydrogens is 279 g/mol. The largest absolute Gasteiger partial charge is 0.331 e. The number of hydrogen-bond acceptors (Lipinski definition) is 0. The summed E-state index contributed by atoms with van der Waals surface area (Å²) in [5.74, 6) is 0.843. The summed E-state index contributed by atoms with van der Waals surface area (Å²) in [5, 5.41) is 0. The predicted molar refractivity (Wildman–Crippen MR) is 36.2 cm³/mol. The van der Waals surface area contributed by atoms with E-state index in [2.05, 4.69) is 27.2 Å². The van der Waals surface area contributed by atoms with E-state index in [-0.39, 0.29) is 28.5 Å². The molecule has 0 nitrogen and oxygen atoms in total. The predicted octanol–water partition coefficient (Wildman–Crippen LogP) is 2.89. The van der Waals surface area contributed by atoms with Crippen LogP contribution in [0.5, 0.6) is 0 Å².